The lowest BCUT2D eigenvalue weighted by molar-refractivity contribution is 0.0956. The van der Waals surface area contributed by atoms with Gasteiger partial charge in [-0.05, 0) is 54.5 Å². The molecular formula is C28H26FN5O2. The number of rotatable bonds is 8. The molecule has 182 valence electrons. The van der Waals surface area contributed by atoms with Crippen LogP contribution in [0.5, 0.6) is 11.5 Å². The van der Waals surface area contributed by atoms with Crippen LogP contribution in [-0.4, -0.2) is 40.5 Å². The molecule has 0 radical (unpaired) electrons. The zero-order valence-corrected chi connectivity index (χ0v) is 20.3. The Morgan fingerprint density at radius 1 is 1.25 bits per heavy atom. The standard InChI is InChI=1S/C28H26FN5O2/c1-5-19(9-11-30-3)15-32-28(35)22-7-6-8-25(18(22)2)36-26-10-12-31-24-14-20(13-23(29)27(24)26)21-16-33-34(4)17-21/h5-14,16-17H,1,15H2,2-4H3,(H,32,35)/b19-9+,30-11-. The highest BCUT2D eigenvalue weighted by molar-refractivity contribution is 5.96. The number of aromatic nitrogens is 3. The number of ether oxygens (including phenoxy) is 1. The maximum atomic E-state index is 15.3. The van der Waals surface area contributed by atoms with Gasteiger partial charge in [-0.1, -0.05) is 18.7 Å². The molecule has 4 aromatic rings. The first-order chi connectivity index (χ1) is 17.4. The summed E-state index contributed by atoms with van der Waals surface area (Å²) in [5, 5.41) is 7.29. The Labute approximate surface area is 208 Å². The number of halogens is 1. The van der Waals surface area contributed by atoms with E-state index in [1.807, 2.05) is 6.20 Å². The van der Waals surface area contributed by atoms with E-state index in [4.69, 9.17) is 4.74 Å². The molecule has 36 heavy (non-hydrogen) atoms. The molecule has 1 N–H and O–H groups in total. The van der Waals surface area contributed by atoms with E-state index in [2.05, 4.69) is 27.0 Å². The molecule has 8 heteroatoms. The summed E-state index contributed by atoms with van der Waals surface area (Å²) in [6, 6.07) is 10.0. The van der Waals surface area contributed by atoms with E-state index in [1.165, 1.54) is 6.07 Å². The zero-order chi connectivity index (χ0) is 25.7. The Bertz CT molecular complexity index is 1500. The highest BCUT2D eigenvalue weighted by Crippen LogP contribution is 2.35. The normalized spacial score (nSPS) is 11.7. The lowest BCUT2D eigenvalue weighted by atomic mass is 10.1. The van der Waals surface area contributed by atoms with Gasteiger partial charge >= 0.3 is 0 Å². The van der Waals surface area contributed by atoms with Crippen LogP contribution >= 0.6 is 0 Å². The number of carbonyl (C=O) groups excluding carboxylic acids is 1. The molecule has 0 bridgehead atoms. The monoisotopic (exact) mass is 483 g/mol. The summed E-state index contributed by atoms with van der Waals surface area (Å²) in [5.41, 5.74) is 3.83. The van der Waals surface area contributed by atoms with Crippen LogP contribution in [0, 0.1) is 12.7 Å². The van der Waals surface area contributed by atoms with E-state index in [-0.39, 0.29) is 11.3 Å². The summed E-state index contributed by atoms with van der Waals surface area (Å²) in [6.45, 7) is 5.85. The van der Waals surface area contributed by atoms with E-state index >= 15 is 4.39 Å². The number of benzene rings is 2. The van der Waals surface area contributed by atoms with Crippen molar-refractivity contribution in [2.75, 3.05) is 13.6 Å². The fraction of sp³-hybridized carbons (Fsp3) is 0.143. The number of aryl methyl sites for hydroxylation is 1. The molecule has 0 spiro atoms. The maximum Gasteiger partial charge on any atom is 0.251 e. The zero-order valence-electron chi connectivity index (χ0n) is 20.3. The van der Waals surface area contributed by atoms with Crippen molar-refractivity contribution >= 4 is 23.0 Å². The van der Waals surface area contributed by atoms with Crippen molar-refractivity contribution in [3.8, 4) is 22.6 Å². The lowest BCUT2D eigenvalue weighted by Crippen LogP contribution is -2.26. The van der Waals surface area contributed by atoms with Gasteiger partial charge in [-0.15, -0.1) is 0 Å². The molecule has 0 atom stereocenters. The Morgan fingerprint density at radius 2 is 2.08 bits per heavy atom. The molecule has 0 unspecified atom stereocenters. The Balaban J connectivity index is 1.62. The number of nitrogens with zero attached hydrogens (tertiary/aromatic N) is 4. The number of carbonyl (C=O) groups is 1. The van der Waals surface area contributed by atoms with E-state index in [1.54, 1.807) is 86.8 Å². The molecule has 2 aromatic carbocycles. The van der Waals surface area contributed by atoms with Crippen LogP contribution < -0.4 is 10.1 Å². The molecule has 0 saturated carbocycles. The van der Waals surface area contributed by atoms with Crippen LogP contribution in [0.3, 0.4) is 0 Å². The van der Waals surface area contributed by atoms with Crippen molar-refractivity contribution in [2.45, 2.75) is 6.92 Å². The predicted molar refractivity (Wildman–Crippen MR) is 140 cm³/mol. The van der Waals surface area contributed by atoms with Crippen LogP contribution in [0.1, 0.15) is 15.9 Å². The van der Waals surface area contributed by atoms with E-state index in [9.17, 15) is 4.79 Å². The molecule has 0 aliphatic heterocycles. The topological polar surface area (TPSA) is 81.4 Å². The van der Waals surface area contributed by atoms with E-state index < -0.39 is 5.82 Å². The molecule has 0 saturated heterocycles. The third-order valence-electron chi connectivity index (χ3n) is 5.70. The number of pyridine rings is 1. The average Bonchev–Trinajstić information content (AvgIpc) is 3.31. The summed E-state index contributed by atoms with van der Waals surface area (Å²) in [4.78, 5) is 21.1. The molecule has 0 aliphatic carbocycles. The summed E-state index contributed by atoms with van der Waals surface area (Å²) >= 11 is 0. The maximum absolute atomic E-state index is 15.3. The number of nitrogens with one attached hydrogen (secondary N) is 1. The molecule has 4 rings (SSSR count). The molecular weight excluding hydrogens is 457 g/mol. The van der Waals surface area contributed by atoms with Gasteiger partial charge in [0.15, 0.2) is 0 Å². The SMILES string of the molecule is C=C/C(=C\C=N/C)CNC(=O)c1cccc(Oc2ccnc3cc(-c4cnn(C)c4)cc(F)c23)c1C. The first-order valence-electron chi connectivity index (χ1n) is 11.3. The van der Waals surface area contributed by atoms with Gasteiger partial charge in [0.2, 0.25) is 0 Å². The fourth-order valence-electron chi connectivity index (χ4n) is 3.76. The number of hydrogen-bond acceptors (Lipinski definition) is 5. The van der Waals surface area contributed by atoms with Crippen LogP contribution in [0.4, 0.5) is 4.39 Å². The fourth-order valence-corrected chi connectivity index (χ4v) is 3.76. The summed E-state index contributed by atoms with van der Waals surface area (Å²) in [5.74, 6) is 0.0430. The van der Waals surface area contributed by atoms with Gasteiger partial charge in [-0.25, -0.2) is 4.39 Å². The van der Waals surface area contributed by atoms with Crippen molar-refractivity contribution in [3.63, 3.8) is 0 Å². The quantitative estimate of drug-likeness (QED) is 0.268. The minimum atomic E-state index is -0.458. The first kappa shape index (κ1) is 24.5. The number of fused-ring (bicyclic) bond motifs is 1. The summed E-state index contributed by atoms with van der Waals surface area (Å²) in [7, 11) is 3.47. The lowest BCUT2D eigenvalue weighted by Gasteiger charge is -2.14. The Kier molecular flexibility index (Phi) is 7.34. The third-order valence-corrected chi connectivity index (χ3v) is 5.70. The smallest absolute Gasteiger partial charge is 0.251 e. The van der Waals surface area contributed by atoms with Crippen molar-refractivity contribution < 1.29 is 13.9 Å². The second-order valence-electron chi connectivity index (χ2n) is 8.13. The van der Waals surface area contributed by atoms with Crippen molar-refractivity contribution in [3.05, 3.63) is 96.2 Å². The highest BCUT2D eigenvalue weighted by atomic mass is 19.1. The number of allylic oxidation sites excluding steroid dienone is 1. The minimum absolute atomic E-state index is 0.258. The van der Waals surface area contributed by atoms with Crippen molar-refractivity contribution in [1.29, 1.82) is 0 Å². The highest BCUT2D eigenvalue weighted by Gasteiger charge is 2.17. The van der Waals surface area contributed by atoms with Crippen LogP contribution in [0.25, 0.3) is 22.0 Å². The molecule has 2 heterocycles. The van der Waals surface area contributed by atoms with Gasteiger partial charge in [0, 0.05) is 55.9 Å². The molecule has 0 fully saturated rings. The van der Waals surface area contributed by atoms with Gasteiger partial charge in [-0.3, -0.25) is 19.5 Å². The predicted octanol–water partition coefficient (Wildman–Crippen LogP) is 5.42. The summed E-state index contributed by atoms with van der Waals surface area (Å²) in [6.07, 6.45) is 10.1. The number of hydrogen-bond donors (Lipinski definition) is 1. The van der Waals surface area contributed by atoms with E-state index in [0.29, 0.717) is 40.3 Å². The van der Waals surface area contributed by atoms with Gasteiger partial charge in [-0.2, -0.15) is 5.10 Å². The largest absolute Gasteiger partial charge is 0.456 e. The molecule has 7 nitrogen and oxygen atoms in total. The molecule has 0 aliphatic rings. The van der Waals surface area contributed by atoms with Gasteiger partial charge in [0.05, 0.1) is 17.1 Å². The van der Waals surface area contributed by atoms with Crippen LogP contribution in [0.2, 0.25) is 0 Å². The number of aliphatic imine (C=N–C) groups is 1. The second-order valence-corrected chi connectivity index (χ2v) is 8.13. The van der Waals surface area contributed by atoms with Crippen LogP contribution in [-0.2, 0) is 7.05 Å². The Hall–Kier alpha value is -4.59. The van der Waals surface area contributed by atoms with Gasteiger partial charge in [0.1, 0.15) is 17.3 Å². The van der Waals surface area contributed by atoms with Crippen molar-refractivity contribution in [2.24, 2.45) is 12.0 Å². The van der Waals surface area contributed by atoms with Gasteiger partial charge < -0.3 is 10.1 Å². The Morgan fingerprint density at radius 3 is 2.81 bits per heavy atom. The second kappa shape index (κ2) is 10.8. The van der Waals surface area contributed by atoms with Crippen LogP contribution in [0.15, 0.2) is 84.3 Å². The molecule has 1 amide bonds. The van der Waals surface area contributed by atoms with E-state index in [0.717, 1.165) is 11.1 Å². The van der Waals surface area contributed by atoms with Crippen molar-refractivity contribution in [1.82, 2.24) is 20.1 Å². The molecule has 2 aromatic heterocycles. The first-order valence-corrected chi connectivity index (χ1v) is 11.3. The minimum Gasteiger partial charge on any atom is -0.456 e. The third kappa shape index (κ3) is 5.22. The van der Waals surface area contributed by atoms with Gasteiger partial charge in [0.25, 0.3) is 5.91 Å². The average molecular weight is 484 g/mol. The summed E-state index contributed by atoms with van der Waals surface area (Å²) < 4.78 is 23.1. The number of amides is 1.